The third kappa shape index (κ3) is 0.953. The van der Waals surface area contributed by atoms with Gasteiger partial charge in [0.1, 0.15) is 9.86 Å². The summed E-state index contributed by atoms with van der Waals surface area (Å²) in [6.45, 7) is 3.75. The van der Waals surface area contributed by atoms with Gasteiger partial charge in [-0.05, 0) is 25.6 Å². The van der Waals surface area contributed by atoms with Gasteiger partial charge in [0.2, 0.25) is 5.12 Å². The molecule has 0 aromatic carbocycles. The zero-order chi connectivity index (χ0) is 7.94. The second kappa shape index (κ2) is 2.20. The highest BCUT2D eigenvalue weighted by Crippen LogP contribution is 2.32. The maximum absolute atomic E-state index is 11.2. The van der Waals surface area contributed by atoms with Crippen LogP contribution in [0.4, 0.5) is 0 Å². The first-order chi connectivity index (χ1) is 4.46. The standard InChI is InChI=1S/C6H9NOS2/c1-6(2)4(8)10-5(9)7(6)3/h1-3H3. The lowest BCUT2D eigenvalue weighted by Gasteiger charge is -2.25. The number of carbonyl (C=O) groups excluding carboxylic acids is 1. The molecule has 1 rings (SSSR count). The fraction of sp³-hybridized carbons (Fsp3) is 0.667. The molecule has 0 atom stereocenters. The molecule has 0 saturated carbocycles. The van der Waals surface area contributed by atoms with Gasteiger partial charge in [-0.15, -0.1) is 0 Å². The van der Waals surface area contributed by atoms with Gasteiger partial charge in [0.05, 0.1) is 0 Å². The van der Waals surface area contributed by atoms with Crippen molar-refractivity contribution < 1.29 is 4.79 Å². The molecule has 0 radical (unpaired) electrons. The zero-order valence-electron chi connectivity index (χ0n) is 6.17. The third-order valence-corrected chi connectivity index (χ3v) is 3.45. The van der Waals surface area contributed by atoms with Gasteiger partial charge in [-0.3, -0.25) is 4.79 Å². The number of thiocarbonyl (C=S) groups is 1. The monoisotopic (exact) mass is 175 g/mol. The Balaban J connectivity index is 2.96. The summed E-state index contributed by atoms with van der Waals surface area (Å²) in [7, 11) is 1.85. The van der Waals surface area contributed by atoms with E-state index in [1.165, 1.54) is 0 Å². The number of nitrogens with zero attached hydrogens (tertiary/aromatic N) is 1. The summed E-state index contributed by atoms with van der Waals surface area (Å²) >= 11 is 6.09. The van der Waals surface area contributed by atoms with Crippen molar-refractivity contribution in [1.82, 2.24) is 4.90 Å². The third-order valence-electron chi connectivity index (χ3n) is 1.79. The van der Waals surface area contributed by atoms with Crippen molar-refractivity contribution in [2.45, 2.75) is 19.4 Å². The van der Waals surface area contributed by atoms with Crippen LogP contribution >= 0.6 is 24.0 Å². The van der Waals surface area contributed by atoms with Gasteiger partial charge in [-0.2, -0.15) is 0 Å². The van der Waals surface area contributed by atoms with Crippen LogP contribution in [0.15, 0.2) is 0 Å². The maximum Gasteiger partial charge on any atom is 0.220 e. The van der Waals surface area contributed by atoms with Crippen molar-refractivity contribution >= 4 is 33.4 Å². The smallest absolute Gasteiger partial charge is 0.220 e. The predicted octanol–water partition coefficient (Wildman–Crippen LogP) is 1.26. The van der Waals surface area contributed by atoms with Crippen molar-refractivity contribution in [2.24, 2.45) is 0 Å². The Labute approximate surface area is 70.0 Å². The van der Waals surface area contributed by atoms with Crippen molar-refractivity contribution in [3.63, 3.8) is 0 Å². The summed E-state index contributed by atoms with van der Waals surface area (Å²) in [5.41, 5.74) is -0.401. The fourth-order valence-corrected chi connectivity index (χ4v) is 2.00. The molecule has 4 heteroatoms. The SMILES string of the molecule is CN1C(=S)SC(=O)C1(C)C. The quantitative estimate of drug-likeness (QED) is 0.516. The molecule has 1 saturated heterocycles. The summed E-state index contributed by atoms with van der Waals surface area (Å²) in [5, 5.41) is 0.139. The van der Waals surface area contributed by atoms with Gasteiger partial charge in [0, 0.05) is 7.05 Å². The molecule has 10 heavy (non-hydrogen) atoms. The van der Waals surface area contributed by atoms with E-state index in [-0.39, 0.29) is 5.12 Å². The molecule has 0 bridgehead atoms. The maximum atomic E-state index is 11.2. The normalized spacial score (nSPS) is 24.1. The highest BCUT2D eigenvalue weighted by molar-refractivity contribution is 8.33. The van der Waals surface area contributed by atoms with Crippen LogP contribution in [0.2, 0.25) is 0 Å². The molecule has 0 N–H and O–H groups in total. The molecular weight excluding hydrogens is 166 g/mol. The zero-order valence-corrected chi connectivity index (χ0v) is 7.80. The first kappa shape index (κ1) is 8.01. The Morgan fingerprint density at radius 2 is 2.10 bits per heavy atom. The Hall–Kier alpha value is -0.0900. The molecule has 1 heterocycles. The van der Waals surface area contributed by atoms with Crippen molar-refractivity contribution in [3.8, 4) is 0 Å². The van der Waals surface area contributed by atoms with Crippen LogP contribution in [0, 0.1) is 0 Å². The highest BCUT2D eigenvalue weighted by Gasteiger charge is 2.41. The van der Waals surface area contributed by atoms with Gasteiger partial charge in [0.25, 0.3) is 0 Å². The van der Waals surface area contributed by atoms with E-state index in [2.05, 4.69) is 0 Å². The average molecular weight is 175 g/mol. The van der Waals surface area contributed by atoms with E-state index < -0.39 is 5.54 Å². The van der Waals surface area contributed by atoms with Crippen molar-refractivity contribution in [3.05, 3.63) is 0 Å². The summed E-state index contributed by atoms with van der Waals surface area (Å²) in [6, 6.07) is 0. The van der Waals surface area contributed by atoms with Gasteiger partial charge in [-0.25, -0.2) is 0 Å². The Kier molecular flexibility index (Phi) is 1.76. The molecule has 0 aliphatic carbocycles. The van der Waals surface area contributed by atoms with Crippen LogP contribution in [-0.4, -0.2) is 26.9 Å². The number of hydrogen-bond donors (Lipinski definition) is 0. The van der Waals surface area contributed by atoms with Crippen LogP contribution in [0.25, 0.3) is 0 Å². The number of rotatable bonds is 0. The van der Waals surface area contributed by atoms with E-state index in [9.17, 15) is 4.79 Å². The molecule has 2 nitrogen and oxygen atoms in total. The van der Waals surface area contributed by atoms with E-state index in [1.54, 1.807) is 0 Å². The summed E-state index contributed by atoms with van der Waals surface area (Å²) in [4.78, 5) is 13.0. The van der Waals surface area contributed by atoms with Gasteiger partial charge >= 0.3 is 0 Å². The van der Waals surface area contributed by atoms with E-state index in [4.69, 9.17) is 12.2 Å². The van der Waals surface area contributed by atoms with Gasteiger partial charge in [0.15, 0.2) is 0 Å². The first-order valence-corrected chi connectivity index (χ1v) is 4.19. The van der Waals surface area contributed by atoms with Crippen molar-refractivity contribution in [1.29, 1.82) is 0 Å². The lowest BCUT2D eigenvalue weighted by Crippen LogP contribution is -2.40. The summed E-state index contributed by atoms with van der Waals surface area (Å²) < 4.78 is 0.676. The van der Waals surface area contributed by atoms with Gasteiger partial charge in [-0.1, -0.05) is 12.2 Å². The van der Waals surface area contributed by atoms with Crippen molar-refractivity contribution in [2.75, 3.05) is 7.05 Å². The second-order valence-corrected chi connectivity index (χ2v) is 4.38. The molecule has 1 fully saturated rings. The topological polar surface area (TPSA) is 20.3 Å². The van der Waals surface area contributed by atoms with Crippen LogP contribution in [-0.2, 0) is 4.79 Å². The van der Waals surface area contributed by atoms with Crippen LogP contribution in [0.1, 0.15) is 13.8 Å². The van der Waals surface area contributed by atoms with Crippen LogP contribution in [0.3, 0.4) is 0 Å². The highest BCUT2D eigenvalue weighted by atomic mass is 32.2. The lowest BCUT2D eigenvalue weighted by molar-refractivity contribution is -0.117. The Bertz CT molecular complexity index is 200. The molecule has 1 aliphatic rings. The fourth-order valence-electron chi connectivity index (χ4n) is 0.638. The van der Waals surface area contributed by atoms with Crippen LogP contribution < -0.4 is 0 Å². The molecular formula is C6H9NOS2. The summed E-state index contributed by atoms with van der Waals surface area (Å²) in [6.07, 6.45) is 0. The first-order valence-electron chi connectivity index (χ1n) is 2.96. The Morgan fingerprint density at radius 3 is 2.20 bits per heavy atom. The van der Waals surface area contributed by atoms with Gasteiger partial charge < -0.3 is 4.90 Å². The van der Waals surface area contributed by atoms with E-state index in [0.717, 1.165) is 11.8 Å². The number of hydrogen-bond acceptors (Lipinski definition) is 3. The minimum atomic E-state index is -0.401. The minimum Gasteiger partial charge on any atom is -0.347 e. The molecule has 1 aliphatic heterocycles. The molecule has 0 unspecified atom stereocenters. The summed E-state index contributed by atoms with van der Waals surface area (Å²) in [5.74, 6) is 0. The number of carbonyl (C=O) groups is 1. The molecule has 0 spiro atoms. The van der Waals surface area contributed by atoms with E-state index >= 15 is 0 Å². The minimum absolute atomic E-state index is 0.139. The molecule has 0 aromatic rings. The average Bonchev–Trinajstić information content (AvgIpc) is 1.97. The van der Waals surface area contributed by atoms with E-state index in [0.29, 0.717) is 4.32 Å². The largest absolute Gasteiger partial charge is 0.347 e. The molecule has 0 amide bonds. The van der Waals surface area contributed by atoms with E-state index in [1.807, 2.05) is 25.8 Å². The molecule has 56 valence electrons. The Morgan fingerprint density at radius 1 is 1.60 bits per heavy atom. The lowest BCUT2D eigenvalue weighted by atomic mass is 10.1. The second-order valence-electron chi connectivity index (χ2n) is 2.77. The molecule has 0 aromatic heterocycles. The number of likely N-dealkylation sites (N-methyl/N-ethyl adjacent to an activating group) is 1. The van der Waals surface area contributed by atoms with Crippen LogP contribution in [0.5, 0.6) is 0 Å². The number of thioether (sulfide) groups is 1. The predicted molar refractivity (Wildman–Crippen MR) is 47.0 cm³/mol.